The van der Waals surface area contributed by atoms with E-state index in [-0.39, 0.29) is 0 Å². The SMILES string of the molecule is Cc1csc(-c2nc(NCCc3ccncc3)ncc2-c2ccsc2)n1. The fourth-order valence-electron chi connectivity index (χ4n) is 2.59. The molecule has 26 heavy (non-hydrogen) atoms. The molecule has 0 unspecified atom stereocenters. The summed E-state index contributed by atoms with van der Waals surface area (Å²) in [6.07, 6.45) is 6.40. The molecular formula is C19H17N5S2. The van der Waals surface area contributed by atoms with Crippen LogP contribution in [0.1, 0.15) is 11.3 Å². The molecule has 0 saturated carbocycles. The molecule has 7 heteroatoms. The van der Waals surface area contributed by atoms with Gasteiger partial charge in [-0.15, -0.1) is 11.3 Å². The average molecular weight is 380 g/mol. The highest BCUT2D eigenvalue weighted by molar-refractivity contribution is 7.13. The van der Waals surface area contributed by atoms with Gasteiger partial charge in [0.25, 0.3) is 0 Å². The highest BCUT2D eigenvalue weighted by atomic mass is 32.1. The zero-order valence-corrected chi connectivity index (χ0v) is 15.8. The molecule has 0 amide bonds. The number of rotatable bonds is 6. The molecule has 0 fully saturated rings. The monoisotopic (exact) mass is 379 g/mol. The summed E-state index contributed by atoms with van der Waals surface area (Å²) in [5.41, 5.74) is 5.26. The molecule has 5 nitrogen and oxygen atoms in total. The van der Waals surface area contributed by atoms with Crippen molar-refractivity contribution < 1.29 is 0 Å². The van der Waals surface area contributed by atoms with Gasteiger partial charge in [-0.25, -0.2) is 15.0 Å². The first-order chi connectivity index (χ1) is 12.8. The predicted octanol–water partition coefficient (Wildman–Crippen LogP) is 4.69. The normalized spacial score (nSPS) is 10.8. The first-order valence-corrected chi connectivity index (χ1v) is 10.1. The van der Waals surface area contributed by atoms with E-state index in [4.69, 9.17) is 4.98 Å². The lowest BCUT2D eigenvalue weighted by Crippen LogP contribution is -2.08. The lowest BCUT2D eigenvalue weighted by atomic mass is 10.1. The third-order valence-electron chi connectivity index (χ3n) is 3.89. The van der Waals surface area contributed by atoms with Crippen LogP contribution in [0, 0.1) is 6.92 Å². The van der Waals surface area contributed by atoms with Crippen LogP contribution in [0.3, 0.4) is 0 Å². The van der Waals surface area contributed by atoms with Gasteiger partial charge in [-0.1, -0.05) is 0 Å². The predicted molar refractivity (Wildman–Crippen MR) is 108 cm³/mol. The van der Waals surface area contributed by atoms with Crippen molar-refractivity contribution in [3.05, 3.63) is 64.2 Å². The van der Waals surface area contributed by atoms with E-state index >= 15 is 0 Å². The van der Waals surface area contributed by atoms with Gasteiger partial charge in [0.1, 0.15) is 10.7 Å². The molecule has 4 rings (SSSR count). The van der Waals surface area contributed by atoms with Crippen LogP contribution < -0.4 is 5.32 Å². The second-order valence-corrected chi connectivity index (χ2v) is 7.43. The van der Waals surface area contributed by atoms with Crippen molar-refractivity contribution in [1.82, 2.24) is 19.9 Å². The number of nitrogens with one attached hydrogen (secondary N) is 1. The van der Waals surface area contributed by atoms with E-state index in [9.17, 15) is 0 Å². The number of pyridine rings is 1. The lowest BCUT2D eigenvalue weighted by molar-refractivity contribution is 0.980. The Kier molecular flexibility index (Phi) is 4.99. The quantitative estimate of drug-likeness (QED) is 0.527. The average Bonchev–Trinajstić information content (AvgIpc) is 3.34. The smallest absolute Gasteiger partial charge is 0.223 e. The molecule has 0 atom stereocenters. The molecule has 4 aromatic heterocycles. The fourth-order valence-corrected chi connectivity index (χ4v) is 4.04. The summed E-state index contributed by atoms with van der Waals surface area (Å²) < 4.78 is 0. The zero-order chi connectivity index (χ0) is 17.8. The summed E-state index contributed by atoms with van der Waals surface area (Å²) in [4.78, 5) is 17.9. The van der Waals surface area contributed by atoms with Gasteiger partial charge in [-0.2, -0.15) is 11.3 Å². The molecule has 0 spiro atoms. The Labute approximate surface area is 159 Å². The minimum atomic E-state index is 0.626. The maximum Gasteiger partial charge on any atom is 0.223 e. The number of hydrogen-bond acceptors (Lipinski definition) is 7. The molecular weight excluding hydrogens is 362 g/mol. The lowest BCUT2D eigenvalue weighted by Gasteiger charge is -2.09. The number of nitrogens with zero attached hydrogens (tertiary/aromatic N) is 4. The van der Waals surface area contributed by atoms with Crippen molar-refractivity contribution in [2.24, 2.45) is 0 Å². The number of hydrogen-bond donors (Lipinski definition) is 1. The van der Waals surface area contributed by atoms with E-state index < -0.39 is 0 Å². The number of aryl methyl sites for hydroxylation is 1. The summed E-state index contributed by atoms with van der Waals surface area (Å²) in [7, 11) is 0. The van der Waals surface area contributed by atoms with Gasteiger partial charge in [0.2, 0.25) is 5.95 Å². The standard InChI is InChI=1S/C19H17N5S2/c1-13-11-26-18(23-13)17-16(15-5-9-25-12-15)10-22-19(24-17)21-8-4-14-2-6-20-7-3-14/h2-3,5-7,9-12H,4,8H2,1H3,(H,21,22,24). The molecule has 0 aliphatic heterocycles. The molecule has 4 aromatic rings. The fraction of sp³-hybridized carbons (Fsp3) is 0.158. The summed E-state index contributed by atoms with van der Waals surface area (Å²) in [6.45, 7) is 2.76. The van der Waals surface area contributed by atoms with E-state index in [0.717, 1.165) is 40.5 Å². The Morgan fingerprint density at radius 3 is 2.69 bits per heavy atom. The molecule has 0 bridgehead atoms. The molecule has 0 aliphatic carbocycles. The second-order valence-electron chi connectivity index (χ2n) is 5.79. The molecule has 1 N–H and O–H groups in total. The summed E-state index contributed by atoms with van der Waals surface area (Å²) in [5.74, 6) is 0.626. The van der Waals surface area contributed by atoms with E-state index in [0.29, 0.717) is 5.95 Å². The van der Waals surface area contributed by atoms with E-state index in [1.807, 2.05) is 43.0 Å². The summed E-state index contributed by atoms with van der Waals surface area (Å²) >= 11 is 3.28. The molecule has 0 aliphatic rings. The van der Waals surface area contributed by atoms with Crippen LogP contribution in [0.4, 0.5) is 5.95 Å². The van der Waals surface area contributed by atoms with Crippen molar-refractivity contribution in [1.29, 1.82) is 0 Å². The van der Waals surface area contributed by atoms with E-state index in [2.05, 4.69) is 37.1 Å². The van der Waals surface area contributed by atoms with Crippen LogP contribution in [0.2, 0.25) is 0 Å². The Balaban J connectivity index is 1.59. The van der Waals surface area contributed by atoms with Crippen LogP contribution in [0.15, 0.2) is 52.9 Å². The summed E-state index contributed by atoms with van der Waals surface area (Å²) in [5, 5.41) is 10.5. The molecule has 0 saturated heterocycles. The Bertz CT molecular complexity index is 980. The van der Waals surface area contributed by atoms with Gasteiger partial charge in [0.15, 0.2) is 0 Å². The number of thiazole rings is 1. The van der Waals surface area contributed by atoms with Gasteiger partial charge < -0.3 is 5.32 Å². The van der Waals surface area contributed by atoms with Crippen LogP contribution >= 0.6 is 22.7 Å². The van der Waals surface area contributed by atoms with Gasteiger partial charge in [-0.3, -0.25) is 4.98 Å². The van der Waals surface area contributed by atoms with Gasteiger partial charge in [0.05, 0.1) is 0 Å². The maximum atomic E-state index is 4.76. The third-order valence-corrected chi connectivity index (χ3v) is 5.54. The zero-order valence-electron chi connectivity index (χ0n) is 14.2. The number of thiophene rings is 1. The van der Waals surface area contributed by atoms with Gasteiger partial charge >= 0.3 is 0 Å². The maximum absolute atomic E-state index is 4.76. The minimum absolute atomic E-state index is 0.626. The van der Waals surface area contributed by atoms with Crippen LogP contribution in [0.25, 0.3) is 21.8 Å². The van der Waals surface area contributed by atoms with Crippen molar-refractivity contribution in [3.63, 3.8) is 0 Å². The highest BCUT2D eigenvalue weighted by Crippen LogP contribution is 2.33. The Morgan fingerprint density at radius 2 is 1.96 bits per heavy atom. The van der Waals surface area contributed by atoms with Crippen molar-refractivity contribution in [2.75, 3.05) is 11.9 Å². The highest BCUT2D eigenvalue weighted by Gasteiger charge is 2.14. The second kappa shape index (κ2) is 7.72. The van der Waals surface area contributed by atoms with Crippen molar-refractivity contribution in [3.8, 4) is 21.8 Å². The molecule has 4 heterocycles. The Hall–Kier alpha value is -2.64. The number of aromatic nitrogens is 4. The molecule has 0 radical (unpaired) electrons. The van der Waals surface area contributed by atoms with Gasteiger partial charge in [-0.05, 0) is 53.4 Å². The largest absolute Gasteiger partial charge is 0.354 e. The van der Waals surface area contributed by atoms with Crippen LogP contribution in [-0.4, -0.2) is 26.5 Å². The first-order valence-electron chi connectivity index (χ1n) is 8.24. The first kappa shape index (κ1) is 16.8. The Morgan fingerprint density at radius 1 is 1.08 bits per heavy atom. The minimum Gasteiger partial charge on any atom is -0.354 e. The van der Waals surface area contributed by atoms with Crippen molar-refractivity contribution in [2.45, 2.75) is 13.3 Å². The van der Waals surface area contributed by atoms with E-state index in [1.165, 1.54) is 5.56 Å². The van der Waals surface area contributed by atoms with Gasteiger partial charge in [0, 0.05) is 41.8 Å². The summed E-state index contributed by atoms with van der Waals surface area (Å²) in [6, 6.07) is 6.13. The van der Waals surface area contributed by atoms with Crippen LogP contribution in [-0.2, 0) is 6.42 Å². The van der Waals surface area contributed by atoms with E-state index in [1.54, 1.807) is 22.7 Å². The third kappa shape index (κ3) is 3.79. The number of anilines is 1. The molecule has 0 aromatic carbocycles. The topological polar surface area (TPSA) is 63.6 Å². The van der Waals surface area contributed by atoms with Crippen molar-refractivity contribution >= 4 is 28.6 Å². The molecule has 130 valence electrons. The van der Waals surface area contributed by atoms with Crippen LogP contribution in [0.5, 0.6) is 0 Å².